The lowest BCUT2D eigenvalue weighted by molar-refractivity contribution is -0.150. The van der Waals surface area contributed by atoms with E-state index in [1.54, 1.807) is 0 Å². The second-order valence-corrected chi connectivity index (χ2v) is 7.16. The van der Waals surface area contributed by atoms with Crippen molar-refractivity contribution >= 4 is 0 Å². The van der Waals surface area contributed by atoms with Gasteiger partial charge in [-0.05, 0) is 43.7 Å². The Kier molecular flexibility index (Phi) is 3.65. The van der Waals surface area contributed by atoms with Gasteiger partial charge in [-0.3, -0.25) is 9.88 Å². The van der Waals surface area contributed by atoms with Gasteiger partial charge in [0.1, 0.15) is 0 Å². The van der Waals surface area contributed by atoms with E-state index in [9.17, 15) is 13.2 Å². The van der Waals surface area contributed by atoms with Crippen molar-refractivity contribution in [1.29, 1.82) is 0 Å². The molecule has 0 aromatic carbocycles. The molecule has 1 aromatic heterocycles. The molecule has 1 atom stereocenters. The average molecular weight is 326 g/mol. The van der Waals surface area contributed by atoms with E-state index in [0.717, 1.165) is 38.7 Å². The molecule has 2 aliphatic heterocycles. The number of aromatic nitrogens is 1. The molecule has 1 saturated carbocycles. The summed E-state index contributed by atoms with van der Waals surface area (Å²) in [6, 6.07) is 2.91. The van der Waals surface area contributed by atoms with Crippen molar-refractivity contribution in [3.05, 3.63) is 29.6 Å². The molecule has 0 radical (unpaired) electrons. The lowest BCUT2D eigenvalue weighted by atomic mass is 9.64. The Labute approximate surface area is 133 Å². The zero-order valence-electron chi connectivity index (χ0n) is 13.0. The summed E-state index contributed by atoms with van der Waals surface area (Å²) in [5, 5.41) is 0. The van der Waals surface area contributed by atoms with Crippen LogP contribution in [0.2, 0.25) is 0 Å². The van der Waals surface area contributed by atoms with Crippen LogP contribution in [-0.2, 0) is 17.5 Å². The van der Waals surface area contributed by atoms with Gasteiger partial charge in [-0.15, -0.1) is 0 Å². The molecule has 126 valence electrons. The van der Waals surface area contributed by atoms with E-state index in [1.165, 1.54) is 25.1 Å². The van der Waals surface area contributed by atoms with Gasteiger partial charge >= 0.3 is 6.18 Å². The fourth-order valence-electron chi connectivity index (χ4n) is 4.48. The van der Waals surface area contributed by atoms with Gasteiger partial charge < -0.3 is 4.74 Å². The van der Waals surface area contributed by atoms with Crippen LogP contribution in [0.15, 0.2) is 18.3 Å². The van der Waals surface area contributed by atoms with Gasteiger partial charge in [-0.2, -0.15) is 13.2 Å². The lowest BCUT2D eigenvalue weighted by Gasteiger charge is -2.60. The normalized spacial score (nSPS) is 27.9. The van der Waals surface area contributed by atoms with Crippen LogP contribution >= 0.6 is 0 Å². The van der Waals surface area contributed by atoms with Gasteiger partial charge in [-0.1, -0.05) is 0 Å². The molecule has 0 bridgehead atoms. The molecule has 0 N–H and O–H groups in total. The molecule has 1 unspecified atom stereocenters. The fraction of sp³-hybridized carbons (Fsp3) is 0.706. The number of ether oxygens (including phenoxy) is 1. The van der Waals surface area contributed by atoms with Crippen LogP contribution in [0.25, 0.3) is 0 Å². The van der Waals surface area contributed by atoms with E-state index in [1.807, 2.05) is 0 Å². The molecule has 0 amide bonds. The monoisotopic (exact) mass is 326 g/mol. The number of pyridine rings is 1. The second kappa shape index (κ2) is 5.45. The Morgan fingerprint density at radius 2 is 2.00 bits per heavy atom. The SMILES string of the molecule is FC(F)(F)c1cccnc1CN1CC2(CCOCC2)C1C1CC1. The number of alkyl halides is 3. The van der Waals surface area contributed by atoms with Crippen molar-refractivity contribution in [3.8, 4) is 0 Å². The summed E-state index contributed by atoms with van der Waals surface area (Å²) in [7, 11) is 0. The molecular formula is C17H21F3N2O. The molecule has 1 aromatic rings. The fourth-order valence-corrected chi connectivity index (χ4v) is 4.48. The number of likely N-dealkylation sites (tertiary alicyclic amines) is 1. The van der Waals surface area contributed by atoms with Gasteiger partial charge in [0.25, 0.3) is 0 Å². The minimum Gasteiger partial charge on any atom is -0.381 e. The Bertz CT molecular complexity index is 579. The van der Waals surface area contributed by atoms with Crippen molar-refractivity contribution in [2.45, 2.75) is 44.4 Å². The summed E-state index contributed by atoms with van der Waals surface area (Å²) >= 11 is 0. The standard InChI is InChI=1S/C17H21F3N2O/c18-17(19,20)13-2-1-7-21-14(13)10-22-11-16(5-8-23-9-6-16)15(22)12-3-4-12/h1-2,7,12,15H,3-6,8-11H2. The number of rotatable bonds is 3. The van der Waals surface area contributed by atoms with Crippen LogP contribution in [0.5, 0.6) is 0 Å². The van der Waals surface area contributed by atoms with Crippen LogP contribution in [-0.4, -0.2) is 35.7 Å². The molecule has 23 heavy (non-hydrogen) atoms. The molecule has 3 nitrogen and oxygen atoms in total. The first-order valence-electron chi connectivity index (χ1n) is 8.32. The smallest absolute Gasteiger partial charge is 0.381 e. The molecule has 2 saturated heterocycles. The van der Waals surface area contributed by atoms with Gasteiger partial charge in [0, 0.05) is 44.0 Å². The summed E-state index contributed by atoms with van der Waals surface area (Å²) in [4.78, 5) is 6.25. The number of halogens is 3. The Morgan fingerprint density at radius 3 is 2.65 bits per heavy atom. The topological polar surface area (TPSA) is 25.4 Å². The quantitative estimate of drug-likeness (QED) is 0.850. The molecule has 6 heteroatoms. The summed E-state index contributed by atoms with van der Waals surface area (Å²) in [6.07, 6.45) is 1.62. The van der Waals surface area contributed by atoms with Gasteiger partial charge in [0.15, 0.2) is 0 Å². The van der Waals surface area contributed by atoms with E-state index in [4.69, 9.17) is 4.74 Å². The number of hydrogen-bond acceptors (Lipinski definition) is 3. The third kappa shape index (κ3) is 2.76. The molecular weight excluding hydrogens is 305 g/mol. The maximum absolute atomic E-state index is 13.2. The van der Waals surface area contributed by atoms with Crippen LogP contribution in [0.4, 0.5) is 13.2 Å². The van der Waals surface area contributed by atoms with E-state index in [2.05, 4.69) is 9.88 Å². The number of nitrogens with zero attached hydrogens (tertiary/aromatic N) is 2. The van der Waals surface area contributed by atoms with Crippen LogP contribution in [0, 0.1) is 11.3 Å². The van der Waals surface area contributed by atoms with Gasteiger partial charge in [0.05, 0.1) is 11.3 Å². The first-order valence-corrected chi connectivity index (χ1v) is 8.32. The third-order valence-corrected chi connectivity index (χ3v) is 5.64. The van der Waals surface area contributed by atoms with Crippen molar-refractivity contribution in [2.24, 2.45) is 11.3 Å². The van der Waals surface area contributed by atoms with Crippen molar-refractivity contribution in [1.82, 2.24) is 9.88 Å². The minimum absolute atomic E-state index is 0.160. The third-order valence-electron chi connectivity index (χ3n) is 5.64. The summed E-state index contributed by atoms with van der Waals surface area (Å²) < 4.78 is 45.0. The molecule has 1 aliphatic carbocycles. The maximum atomic E-state index is 13.2. The Balaban J connectivity index is 1.54. The minimum atomic E-state index is -4.33. The van der Waals surface area contributed by atoms with E-state index in [-0.39, 0.29) is 11.1 Å². The predicted octanol–water partition coefficient (Wildman–Crippen LogP) is 3.49. The summed E-state index contributed by atoms with van der Waals surface area (Å²) in [5.41, 5.74) is -0.165. The molecule has 4 rings (SSSR count). The molecule has 3 heterocycles. The van der Waals surface area contributed by atoms with Crippen LogP contribution < -0.4 is 0 Å². The first-order chi connectivity index (χ1) is 11.0. The highest BCUT2D eigenvalue weighted by Crippen LogP contribution is 2.55. The molecule has 3 aliphatic rings. The predicted molar refractivity (Wildman–Crippen MR) is 78.6 cm³/mol. The highest BCUT2D eigenvalue weighted by atomic mass is 19.4. The zero-order valence-corrected chi connectivity index (χ0v) is 13.0. The average Bonchev–Trinajstić information content (AvgIpc) is 3.31. The summed E-state index contributed by atoms with van der Waals surface area (Å²) in [5.74, 6) is 0.653. The largest absolute Gasteiger partial charge is 0.418 e. The van der Waals surface area contributed by atoms with Crippen molar-refractivity contribution < 1.29 is 17.9 Å². The van der Waals surface area contributed by atoms with E-state index < -0.39 is 11.7 Å². The molecule has 3 fully saturated rings. The van der Waals surface area contributed by atoms with E-state index in [0.29, 0.717) is 18.5 Å². The second-order valence-electron chi connectivity index (χ2n) is 7.16. The highest BCUT2D eigenvalue weighted by Gasteiger charge is 2.58. The number of hydrogen-bond donors (Lipinski definition) is 0. The highest BCUT2D eigenvalue weighted by molar-refractivity contribution is 5.24. The van der Waals surface area contributed by atoms with Gasteiger partial charge in [-0.25, -0.2) is 0 Å². The summed E-state index contributed by atoms with van der Waals surface area (Å²) in [6.45, 7) is 2.76. The van der Waals surface area contributed by atoms with Crippen molar-refractivity contribution in [2.75, 3.05) is 19.8 Å². The van der Waals surface area contributed by atoms with Crippen LogP contribution in [0.1, 0.15) is 36.9 Å². The van der Waals surface area contributed by atoms with E-state index >= 15 is 0 Å². The van der Waals surface area contributed by atoms with Gasteiger partial charge in [0.2, 0.25) is 0 Å². The Morgan fingerprint density at radius 1 is 1.26 bits per heavy atom. The first kappa shape index (κ1) is 15.4. The lowest BCUT2D eigenvalue weighted by Crippen LogP contribution is -2.66. The zero-order chi connectivity index (χ0) is 16.1. The van der Waals surface area contributed by atoms with Crippen molar-refractivity contribution in [3.63, 3.8) is 0 Å². The molecule has 1 spiro atoms. The maximum Gasteiger partial charge on any atom is 0.418 e. The Hall–Kier alpha value is -1.14. The van der Waals surface area contributed by atoms with Crippen LogP contribution in [0.3, 0.4) is 0 Å².